The summed E-state index contributed by atoms with van der Waals surface area (Å²) < 4.78 is 31.7. The van der Waals surface area contributed by atoms with Crippen molar-refractivity contribution in [1.29, 1.82) is 0 Å². The molecule has 1 N–H and O–H groups in total. The van der Waals surface area contributed by atoms with Gasteiger partial charge in [0, 0.05) is 30.1 Å². The average Bonchev–Trinajstić information content (AvgIpc) is 2.49. The molecule has 0 aromatic heterocycles. The second-order valence-electron chi connectivity index (χ2n) is 4.96. The Balaban J connectivity index is 2.46. The summed E-state index contributed by atoms with van der Waals surface area (Å²) in [5, 5.41) is 0. The Morgan fingerprint density at radius 1 is 1.26 bits per heavy atom. The van der Waals surface area contributed by atoms with Gasteiger partial charge >= 0.3 is 9.15 Å². The summed E-state index contributed by atoms with van der Waals surface area (Å²) in [4.78, 5) is 6.80. The molecule has 23 heavy (non-hydrogen) atoms. The predicted octanol–water partition coefficient (Wildman–Crippen LogP) is 3.79. The highest BCUT2D eigenvalue weighted by atomic mass is 33.1. The quantitative estimate of drug-likeness (QED) is 0.646. The lowest BCUT2D eigenvalue weighted by Gasteiger charge is -2.18. The lowest BCUT2D eigenvalue weighted by atomic mass is 10.1. The molecule has 1 aromatic carbocycles. The van der Waals surface area contributed by atoms with E-state index in [2.05, 4.69) is 11.6 Å². The number of anilines is 1. The number of allylic oxidation sites excluding steroid dienone is 5. The minimum atomic E-state index is -4.22. The average molecular weight is 350 g/mol. The van der Waals surface area contributed by atoms with Gasteiger partial charge in [0.1, 0.15) is 0 Å². The third-order valence-electron chi connectivity index (χ3n) is 3.24. The molecule has 0 saturated heterocycles. The molecule has 0 heterocycles. The van der Waals surface area contributed by atoms with Crippen molar-refractivity contribution < 1.29 is 13.0 Å². The number of benzene rings is 1. The predicted molar refractivity (Wildman–Crippen MR) is 97.3 cm³/mol. The topological polar surface area (TPSA) is 70.0 Å². The highest BCUT2D eigenvalue weighted by molar-refractivity contribution is 8.70. The molecule has 1 aromatic rings. The fourth-order valence-electron chi connectivity index (χ4n) is 1.90. The van der Waals surface area contributed by atoms with Crippen LogP contribution in [0.25, 0.3) is 0 Å². The number of hydrogen-bond donors (Lipinski definition) is 1. The van der Waals surface area contributed by atoms with E-state index in [1.54, 1.807) is 24.3 Å². The van der Waals surface area contributed by atoms with E-state index in [-0.39, 0.29) is 0 Å². The zero-order valence-electron chi connectivity index (χ0n) is 12.9. The molecule has 122 valence electrons. The van der Waals surface area contributed by atoms with Crippen LogP contribution in [0.15, 0.2) is 64.5 Å². The van der Waals surface area contributed by atoms with Gasteiger partial charge in [-0.25, -0.2) is 4.99 Å². The van der Waals surface area contributed by atoms with E-state index in [9.17, 15) is 8.42 Å². The molecule has 5 nitrogen and oxygen atoms in total. The molecule has 0 atom stereocenters. The molecule has 0 bridgehead atoms. The van der Waals surface area contributed by atoms with Gasteiger partial charge in [0.15, 0.2) is 0 Å². The second kappa shape index (κ2) is 7.16. The summed E-state index contributed by atoms with van der Waals surface area (Å²) in [6, 6.07) is 5.32. The van der Waals surface area contributed by atoms with Gasteiger partial charge in [-0.15, -0.1) is 0 Å². The van der Waals surface area contributed by atoms with E-state index in [1.807, 2.05) is 37.1 Å². The molecule has 0 radical (unpaired) electrons. The SMILES string of the molecule is C=C1C=CC(=Nc2ccc(N(C)CC)cc2SS(=O)(=O)O)C=C1. The minimum absolute atomic E-state index is 0.379. The standard InChI is InChI=1S/C16H18N2O3S2/c1-4-18(3)14-9-10-15(16(11-14)22-23(19,20)21)17-13-7-5-12(2)6-8-13/h5-11H,2,4H2,1,3H3,(H,19,20,21). The van der Waals surface area contributed by atoms with Crippen LogP contribution in [0.1, 0.15) is 6.92 Å². The van der Waals surface area contributed by atoms with Crippen molar-refractivity contribution in [3.63, 3.8) is 0 Å². The summed E-state index contributed by atoms with van der Waals surface area (Å²) in [7, 11) is -1.93. The first-order valence-electron chi connectivity index (χ1n) is 6.94. The first kappa shape index (κ1) is 17.5. The summed E-state index contributed by atoms with van der Waals surface area (Å²) >= 11 is 0. The van der Waals surface area contributed by atoms with Crippen LogP contribution in [0.5, 0.6) is 0 Å². The Labute approximate surface area is 140 Å². The molecule has 0 aliphatic heterocycles. The van der Waals surface area contributed by atoms with Crippen LogP contribution in [0.3, 0.4) is 0 Å². The Morgan fingerprint density at radius 3 is 2.48 bits per heavy atom. The molecular weight excluding hydrogens is 332 g/mol. The zero-order chi connectivity index (χ0) is 17.0. The van der Waals surface area contributed by atoms with E-state index >= 15 is 0 Å². The lowest BCUT2D eigenvalue weighted by molar-refractivity contribution is 0.503. The Bertz CT molecular complexity index is 791. The molecular formula is C16H18N2O3S2. The van der Waals surface area contributed by atoms with E-state index in [0.29, 0.717) is 27.1 Å². The normalized spacial score (nSPS) is 14.2. The van der Waals surface area contributed by atoms with Crippen LogP contribution in [-0.4, -0.2) is 32.3 Å². The summed E-state index contributed by atoms with van der Waals surface area (Å²) in [5.74, 6) is 0. The third-order valence-corrected chi connectivity index (χ3v) is 5.13. The molecule has 2 rings (SSSR count). The molecule has 1 aliphatic carbocycles. The maximum atomic E-state index is 11.3. The van der Waals surface area contributed by atoms with Crippen LogP contribution in [0, 0.1) is 0 Å². The third kappa shape index (κ3) is 5.09. The highest BCUT2D eigenvalue weighted by Gasteiger charge is 2.14. The van der Waals surface area contributed by atoms with Gasteiger partial charge in [0.05, 0.1) is 16.3 Å². The highest BCUT2D eigenvalue weighted by Crippen LogP contribution is 2.36. The Hall–Kier alpha value is -1.83. The van der Waals surface area contributed by atoms with Gasteiger partial charge in [-0.05, 0) is 42.8 Å². The fourth-order valence-corrected chi connectivity index (χ4v) is 3.58. The summed E-state index contributed by atoms with van der Waals surface area (Å²) in [5.41, 5.74) is 2.89. The van der Waals surface area contributed by atoms with Gasteiger partial charge < -0.3 is 4.90 Å². The van der Waals surface area contributed by atoms with Gasteiger partial charge in [-0.3, -0.25) is 4.55 Å². The molecule has 0 fully saturated rings. The summed E-state index contributed by atoms with van der Waals surface area (Å²) in [6.45, 7) is 6.58. The van der Waals surface area contributed by atoms with Crippen LogP contribution < -0.4 is 4.90 Å². The van der Waals surface area contributed by atoms with Crippen molar-refractivity contribution in [2.75, 3.05) is 18.5 Å². The second-order valence-corrected chi connectivity index (χ2v) is 8.18. The molecule has 0 spiro atoms. The maximum absolute atomic E-state index is 11.3. The van der Waals surface area contributed by atoms with Crippen molar-refractivity contribution in [3.05, 3.63) is 54.7 Å². The minimum Gasteiger partial charge on any atom is -0.375 e. The van der Waals surface area contributed by atoms with Crippen molar-refractivity contribution >= 4 is 37.0 Å². The Kier molecular flexibility index (Phi) is 5.46. The van der Waals surface area contributed by atoms with Gasteiger partial charge in [0.2, 0.25) is 0 Å². The maximum Gasteiger partial charge on any atom is 0.324 e. The van der Waals surface area contributed by atoms with Gasteiger partial charge in [-0.2, -0.15) is 8.42 Å². The van der Waals surface area contributed by atoms with E-state index in [4.69, 9.17) is 4.55 Å². The largest absolute Gasteiger partial charge is 0.375 e. The van der Waals surface area contributed by atoms with Crippen LogP contribution in [-0.2, 0) is 9.15 Å². The fraction of sp³-hybridized carbons (Fsp3) is 0.188. The van der Waals surface area contributed by atoms with Crippen molar-refractivity contribution in [2.24, 2.45) is 4.99 Å². The molecule has 0 unspecified atom stereocenters. The lowest BCUT2D eigenvalue weighted by Crippen LogP contribution is -2.15. The van der Waals surface area contributed by atoms with Crippen molar-refractivity contribution in [2.45, 2.75) is 11.8 Å². The van der Waals surface area contributed by atoms with E-state index in [0.717, 1.165) is 17.8 Å². The molecule has 0 saturated carbocycles. The molecule has 1 aliphatic rings. The first-order chi connectivity index (χ1) is 10.8. The van der Waals surface area contributed by atoms with Gasteiger partial charge in [-0.1, -0.05) is 18.7 Å². The van der Waals surface area contributed by atoms with Crippen LogP contribution >= 0.6 is 10.8 Å². The van der Waals surface area contributed by atoms with E-state index < -0.39 is 9.15 Å². The van der Waals surface area contributed by atoms with Crippen LogP contribution in [0.2, 0.25) is 0 Å². The smallest absolute Gasteiger partial charge is 0.324 e. The van der Waals surface area contributed by atoms with Crippen LogP contribution in [0.4, 0.5) is 11.4 Å². The molecule has 7 heteroatoms. The van der Waals surface area contributed by atoms with E-state index in [1.165, 1.54) is 0 Å². The first-order valence-corrected chi connectivity index (χ1v) is 9.71. The number of nitrogens with zero attached hydrogens (tertiary/aromatic N) is 2. The molecule has 0 amide bonds. The van der Waals surface area contributed by atoms with Crippen molar-refractivity contribution in [1.82, 2.24) is 0 Å². The number of hydrogen-bond acceptors (Lipinski definition) is 5. The summed E-state index contributed by atoms with van der Waals surface area (Å²) in [6.07, 6.45) is 7.26. The number of rotatable bonds is 5. The monoisotopic (exact) mass is 350 g/mol. The van der Waals surface area contributed by atoms with Gasteiger partial charge in [0.25, 0.3) is 0 Å². The van der Waals surface area contributed by atoms with Crippen molar-refractivity contribution in [3.8, 4) is 0 Å². The zero-order valence-corrected chi connectivity index (χ0v) is 14.6. The Morgan fingerprint density at radius 2 is 1.91 bits per heavy atom. The number of aliphatic imine (C=N–C) groups is 1.